The van der Waals surface area contributed by atoms with Gasteiger partial charge in [-0.15, -0.1) is 0 Å². The molecule has 0 amide bonds. The van der Waals surface area contributed by atoms with E-state index in [0.29, 0.717) is 6.54 Å². The molecule has 3 rings (SSSR count). The van der Waals surface area contributed by atoms with Crippen LogP contribution >= 0.6 is 0 Å². The summed E-state index contributed by atoms with van der Waals surface area (Å²) >= 11 is 0. The molecule has 1 aromatic carbocycles. The first-order valence-electron chi connectivity index (χ1n) is 9.18. The van der Waals surface area contributed by atoms with Gasteiger partial charge in [-0.2, -0.15) is 0 Å². The lowest BCUT2D eigenvalue weighted by molar-refractivity contribution is 0.392. The Labute approximate surface area is 154 Å². The molecule has 138 valence electrons. The number of hydrogen-bond acceptors (Lipinski definition) is 3. The fraction of sp³-hybridized carbons (Fsp3) is 0.400. The fourth-order valence-corrected chi connectivity index (χ4v) is 3.13. The van der Waals surface area contributed by atoms with E-state index in [0.717, 1.165) is 48.9 Å². The smallest absolute Gasteiger partial charge is 0.191 e. The number of aromatic amines is 1. The van der Waals surface area contributed by atoms with Gasteiger partial charge in [-0.3, -0.25) is 4.99 Å². The molecule has 0 bridgehead atoms. The van der Waals surface area contributed by atoms with Crippen molar-refractivity contribution < 1.29 is 4.52 Å². The monoisotopic (exact) mass is 353 g/mol. The summed E-state index contributed by atoms with van der Waals surface area (Å²) in [6.07, 6.45) is 3.87. The molecule has 0 saturated heterocycles. The van der Waals surface area contributed by atoms with Gasteiger partial charge in [-0.25, -0.2) is 0 Å². The van der Waals surface area contributed by atoms with Gasteiger partial charge < -0.3 is 20.1 Å². The summed E-state index contributed by atoms with van der Waals surface area (Å²) in [6, 6.07) is 8.39. The number of benzene rings is 1. The average molecular weight is 353 g/mol. The molecule has 0 unspecified atom stereocenters. The Kier molecular flexibility index (Phi) is 5.94. The summed E-state index contributed by atoms with van der Waals surface area (Å²) in [4.78, 5) is 7.99. The fourth-order valence-electron chi connectivity index (χ4n) is 3.13. The Morgan fingerprint density at radius 2 is 2.04 bits per heavy atom. The molecule has 2 aromatic heterocycles. The number of fused-ring (bicyclic) bond motifs is 1. The quantitative estimate of drug-likeness (QED) is 0.450. The maximum atomic E-state index is 5.21. The van der Waals surface area contributed by atoms with Crippen molar-refractivity contribution in [1.29, 1.82) is 0 Å². The lowest BCUT2D eigenvalue weighted by Crippen LogP contribution is -2.38. The SMILES string of the molecule is CCNC(=NCCc1c(C)noc1C)NCCc1c[nH]c2ccccc12. The van der Waals surface area contributed by atoms with Crippen LogP contribution in [0.5, 0.6) is 0 Å². The van der Waals surface area contributed by atoms with E-state index in [9.17, 15) is 0 Å². The van der Waals surface area contributed by atoms with Crippen molar-refractivity contribution in [2.24, 2.45) is 4.99 Å². The molecule has 0 aliphatic heterocycles. The third-order valence-corrected chi connectivity index (χ3v) is 4.52. The number of guanidine groups is 1. The van der Waals surface area contributed by atoms with E-state index in [-0.39, 0.29) is 0 Å². The molecular formula is C20H27N5O. The van der Waals surface area contributed by atoms with Gasteiger partial charge in [0.1, 0.15) is 5.76 Å². The summed E-state index contributed by atoms with van der Waals surface area (Å²) in [6.45, 7) is 8.36. The van der Waals surface area contributed by atoms with E-state index in [1.807, 2.05) is 13.8 Å². The maximum absolute atomic E-state index is 5.21. The highest BCUT2D eigenvalue weighted by molar-refractivity contribution is 5.83. The molecule has 3 N–H and O–H groups in total. The molecule has 0 fully saturated rings. The molecule has 0 saturated carbocycles. The standard InChI is InChI=1S/C20H27N5O/c1-4-21-20(23-12-10-17-14(2)25-26-15(17)3)22-11-9-16-13-24-19-8-6-5-7-18(16)19/h5-8,13,24H,4,9-12H2,1-3H3,(H2,21,22,23). The van der Waals surface area contributed by atoms with Crippen molar-refractivity contribution in [2.75, 3.05) is 19.6 Å². The predicted octanol–water partition coefficient (Wildman–Crippen LogP) is 3.11. The average Bonchev–Trinajstić information content (AvgIpc) is 3.20. The van der Waals surface area contributed by atoms with Gasteiger partial charge in [0.05, 0.1) is 5.69 Å². The van der Waals surface area contributed by atoms with Crippen molar-refractivity contribution in [1.82, 2.24) is 20.8 Å². The number of aromatic nitrogens is 2. The third kappa shape index (κ3) is 4.25. The van der Waals surface area contributed by atoms with Crippen LogP contribution in [0.15, 0.2) is 40.0 Å². The molecule has 26 heavy (non-hydrogen) atoms. The zero-order valence-corrected chi connectivity index (χ0v) is 15.7. The number of nitrogens with zero attached hydrogens (tertiary/aromatic N) is 2. The van der Waals surface area contributed by atoms with Gasteiger partial charge in [0.15, 0.2) is 5.96 Å². The Hall–Kier alpha value is -2.76. The normalized spacial score (nSPS) is 11.9. The zero-order valence-electron chi connectivity index (χ0n) is 15.7. The number of aliphatic imine (C=N–C) groups is 1. The molecule has 2 heterocycles. The van der Waals surface area contributed by atoms with Crippen molar-refractivity contribution in [2.45, 2.75) is 33.6 Å². The van der Waals surface area contributed by atoms with Crippen LogP contribution in [0, 0.1) is 13.8 Å². The first-order chi connectivity index (χ1) is 12.7. The van der Waals surface area contributed by atoms with Crippen LogP contribution in [-0.2, 0) is 12.8 Å². The molecule has 0 spiro atoms. The lowest BCUT2D eigenvalue weighted by Gasteiger charge is -2.11. The summed E-state index contributed by atoms with van der Waals surface area (Å²) < 4.78 is 5.21. The van der Waals surface area contributed by atoms with Gasteiger partial charge >= 0.3 is 0 Å². The van der Waals surface area contributed by atoms with Gasteiger partial charge in [-0.05, 0) is 45.2 Å². The molecule has 0 aliphatic rings. The predicted molar refractivity (Wildman–Crippen MR) is 106 cm³/mol. The van der Waals surface area contributed by atoms with Crippen LogP contribution in [0.3, 0.4) is 0 Å². The molecule has 6 heteroatoms. The second-order valence-electron chi connectivity index (χ2n) is 6.35. The third-order valence-electron chi connectivity index (χ3n) is 4.52. The second kappa shape index (κ2) is 8.56. The molecule has 0 aliphatic carbocycles. The van der Waals surface area contributed by atoms with Crippen LogP contribution in [0.25, 0.3) is 10.9 Å². The molecular weight excluding hydrogens is 326 g/mol. The van der Waals surface area contributed by atoms with Gasteiger partial charge in [0.25, 0.3) is 0 Å². The lowest BCUT2D eigenvalue weighted by atomic mass is 10.1. The van der Waals surface area contributed by atoms with Crippen molar-refractivity contribution >= 4 is 16.9 Å². The minimum atomic E-state index is 0.700. The van der Waals surface area contributed by atoms with Crippen molar-refractivity contribution in [3.8, 4) is 0 Å². The first-order valence-corrected chi connectivity index (χ1v) is 9.18. The summed E-state index contributed by atoms with van der Waals surface area (Å²) in [5.74, 6) is 1.73. The van der Waals surface area contributed by atoms with Crippen molar-refractivity contribution in [3.05, 3.63) is 53.0 Å². The van der Waals surface area contributed by atoms with E-state index >= 15 is 0 Å². The van der Waals surface area contributed by atoms with Crippen LogP contribution in [0.1, 0.15) is 29.5 Å². The minimum Gasteiger partial charge on any atom is -0.361 e. The minimum absolute atomic E-state index is 0.700. The van der Waals surface area contributed by atoms with E-state index < -0.39 is 0 Å². The Morgan fingerprint density at radius 1 is 1.19 bits per heavy atom. The zero-order chi connectivity index (χ0) is 18.4. The van der Waals surface area contributed by atoms with Gasteiger partial charge in [-0.1, -0.05) is 23.4 Å². The summed E-state index contributed by atoms with van der Waals surface area (Å²) in [7, 11) is 0. The summed E-state index contributed by atoms with van der Waals surface area (Å²) in [5, 5.41) is 12.0. The number of aryl methyl sites for hydroxylation is 2. The highest BCUT2D eigenvalue weighted by atomic mass is 16.5. The van der Waals surface area contributed by atoms with E-state index in [1.165, 1.54) is 16.5 Å². The van der Waals surface area contributed by atoms with Crippen LogP contribution < -0.4 is 10.6 Å². The van der Waals surface area contributed by atoms with E-state index in [2.05, 4.69) is 63.2 Å². The topological polar surface area (TPSA) is 78.2 Å². The number of rotatable bonds is 7. The van der Waals surface area contributed by atoms with Crippen molar-refractivity contribution in [3.63, 3.8) is 0 Å². The number of para-hydroxylation sites is 1. The van der Waals surface area contributed by atoms with Gasteiger partial charge in [0, 0.05) is 42.3 Å². The Morgan fingerprint density at radius 3 is 2.81 bits per heavy atom. The van der Waals surface area contributed by atoms with Crippen LogP contribution in [0.4, 0.5) is 0 Å². The van der Waals surface area contributed by atoms with E-state index in [4.69, 9.17) is 4.52 Å². The van der Waals surface area contributed by atoms with Gasteiger partial charge in [0.2, 0.25) is 0 Å². The maximum Gasteiger partial charge on any atom is 0.191 e. The molecule has 0 atom stereocenters. The number of nitrogens with one attached hydrogen (secondary N) is 3. The molecule has 0 radical (unpaired) electrons. The Balaban J connectivity index is 1.54. The second-order valence-corrected chi connectivity index (χ2v) is 6.35. The number of H-pyrrole nitrogens is 1. The summed E-state index contributed by atoms with van der Waals surface area (Å²) in [5.41, 5.74) is 4.61. The van der Waals surface area contributed by atoms with E-state index in [1.54, 1.807) is 0 Å². The highest BCUT2D eigenvalue weighted by Crippen LogP contribution is 2.17. The Bertz CT molecular complexity index is 858. The number of hydrogen-bond donors (Lipinski definition) is 3. The van der Waals surface area contributed by atoms with Crippen LogP contribution in [-0.4, -0.2) is 35.7 Å². The highest BCUT2D eigenvalue weighted by Gasteiger charge is 2.08. The molecule has 3 aromatic rings. The van der Waals surface area contributed by atoms with Crippen LogP contribution in [0.2, 0.25) is 0 Å². The first kappa shape index (κ1) is 18.0. The molecule has 6 nitrogen and oxygen atoms in total. The largest absolute Gasteiger partial charge is 0.361 e.